The molecule has 228 valence electrons. The third-order valence-corrected chi connectivity index (χ3v) is 10.7. The second-order valence-corrected chi connectivity index (χ2v) is 13.3. The van der Waals surface area contributed by atoms with E-state index in [1.165, 1.54) is 12.1 Å². The molecule has 0 radical (unpaired) electrons. The van der Waals surface area contributed by atoms with E-state index in [1.54, 1.807) is 0 Å². The summed E-state index contributed by atoms with van der Waals surface area (Å²) in [6.07, 6.45) is 1.13. The van der Waals surface area contributed by atoms with E-state index in [1.807, 2.05) is 6.07 Å². The number of nitrogens with zero attached hydrogens (tertiary/aromatic N) is 4. The number of hydrogen-bond acceptors (Lipinski definition) is 10. The van der Waals surface area contributed by atoms with Crippen LogP contribution in [0.25, 0.3) is 32.1 Å². The van der Waals surface area contributed by atoms with Crippen molar-refractivity contribution < 1.29 is 27.4 Å². The van der Waals surface area contributed by atoms with Gasteiger partial charge in [0.15, 0.2) is 11.6 Å². The fourth-order valence-electron chi connectivity index (χ4n) is 7.24. The standard InChI is InChI=1S/C30H26ClF3N6O3S/c31-22-20(15-2-3-17(33)26-19(15)16(7-35)27(36)44-26)23(34)24-21-25(22)42-10-13-9-41-11-18(13)37-28(21)39-29(38-24)43-12-30-4-1-5-40(30)8-14(32)6-30/h2-3,13-14,18H,1,4-6,8-12,36H2,(H,37,38,39)/t13?,14-,18?,30+/m1/s1. The highest BCUT2D eigenvalue weighted by Crippen LogP contribution is 2.50. The summed E-state index contributed by atoms with van der Waals surface area (Å²) in [7, 11) is 0. The van der Waals surface area contributed by atoms with E-state index in [9.17, 15) is 14.0 Å². The number of nitrogens with two attached hydrogens (primary N) is 1. The summed E-state index contributed by atoms with van der Waals surface area (Å²) in [5.74, 6) is -1.05. The molecule has 4 atom stereocenters. The van der Waals surface area contributed by atoms with Gasteiger partial charge in [0.1, 0.15) is 41.0 Å². The predicted molar refractivity (Wildman–Crippen MR) is 160 cm³/mol. The van der Waals surface area contributed by atoms with Crippen LogP contribution < -0.4 is 20.5 Å². The van der Waals surface area contributed by atoms with Gasteiger partial charge in [-0.05, 0) is 31.0 Å². The van der Waals surface area contributed by atoms with E-state index in [2.05, 4.69) is 20.2 Å². The maximum atomic E-state index is 16.9. The number of thiophene rings is 1. The number of anilines is 2. The molecule has 2 aromatic heterocycles. The van der Waals surface area contributed by atoms with Crippen LogP contribution in [0.3, 0.4) is 0 Å². The summed E-state index contributed by atoms with van der Waals surface area (Å²) in [4.78, 5) is 11.3. The van der Waals surface area contributed by atoms with Crippen molar-refractivity contribution in [3.63, 3.8) is 0 Å². The highest BCUT2D eigenvalue weighted by Gasteiger charge is 2.49. The molecule has 8 rings (SSSR count). The number of alkyl halides is 1. The molecule has 0 bridgehead atoms. The van der Waals surface area contributed by atoms with Gasteiger partial charge in [-0.25, -0.2) is 13.2 Å². The van der Waals surface area contributed by atoms with E-state index in [0.29, 0.717) is 26.2 Å². The highest BCUT2D eigenvalue weighted by molar-refractivity contribution is 7.23. The number of aromatic nitrogens is 2. The van der Waals surface area contributed by atoms with Gasteiger partial charge < -0.3 is 25.3 Å². The number of halogens is 4. The van der Waals surface area contributed by atoms with Crippen LogP contribution in [0, 0.1) is 28.9 Å². The zero-order valence-electron chi connectivity index (χ0n) is 23.3. The monoisotopic (exact) mass is 642 g/mol. The largest absolute Gasteiger partial charge is 0.491 e. The fraction of sp³-hybridized carbons (Fsp3) is 0.433. The zero-order chi connectivity index (χ0) is 30.3. The van der Waals surface area contributed by atoms with Crippen molar-refractivity contribution in [3.8, 4) is 29.0 Å². The molecule has 0 amide bonds. The Balaban J connectivity index is 1.33. The Hall–Kier alpha value is -3.57. The Bertz CT molecular complexity index is 1900. The van der Waals surface area contributed by atoms with E-state index < -0.39 is 23.3 Å². The van der Waals surface area contributed by atoms with E-state index in [-0.39, 0.29) is 90.5 Å². The van der Waals surface area contributed by atoms with E-state index >= 15 is 4.39 Å². The molecule has 44 heavy (non-hydrogen) atoms. The molecule has 14 heteroatoms. The minimum Gasteiger partial charge on any atom is -0.491 e. The minimum atomic E-state index is -0.940. The molecule has 0 spiro atoms. The molecule has 4 aliphatic rings. The normalized spacial score (nSPS) is 26.1. The molecule has 2 aromatic carbocycles. The maximum absolute atomic E-state index is 16.9. The third kappa shape index (κ3) is 4.11. The predicted octanol–water partition coefficient (Wildman–Crippen LogP) is 5.67. The van der Waals surface area contributed by atoms with Crippen molar-refractivity contribution in [1.82, 2.24) is 14.9 Å². The van der Waals surface area contributed by atoms with Crippen LogP contribution in [0.1, 0.15) is 24.8 Å². The zero-order valence-corrected chi connectivity index (χ0v) is 24.8. The Morgan fingerprint density at radius 2 is 2.11 bits per heavy atom. The van der Waals surface area contributed by atoms with Crippen LogP contribution >= 0.6 is 22.9 Å². The lowest BCUT2D eigenvalue weighted by Gasteiger charge is -2.31. The first-order valence-electron chi connectivity index (χ1n) is 14.4. The smallest absolute Gasteiger partial charge is 0.319 e. The summed E-state index contributed by atoms with van der Waals surface area (Å²) >= 11 is 7.85. The van der Waals surface area contributed by atoms with Crippen LogP contribution in [-0.2, 0) is 4.74 Å². The van der Waals surface area contributed by atoms with E-state index in [0.717, 1.165) is 30.7 Å². The lowest BCUT2D eigenvalue weighted by atomic mass is 9.95. The summed E-state index contributed by atoms with van der Waals surface area (Å²) in [6, 6.07) is 4.33. The van der Waals surface area contributed by atoms with Gasteiger partial charge in [0.05, 0.1) is 52.1 Å². The molecular weight excluding hydrogens is 617 g/mol. The molecule has 9 nitrogen and oxygen atoms in total. The molecule has 0 saturated carbocycles. The summed E-state index contributed by atoms with van der Waals surface area (Å²) in [5.41, 5.74) is 5.56. The average Bonchev–Trinajstić information content (AvgIpc) is 3.74. The number of nitriles is 1. The molecule has 3 N–H and O–H groups in total. The lowest BCUT2D eigenvalue weighted by molar-refractivity contribution is 0.107. The first kappa shape index (κ1) is 27.9. The highest BCUT2D eigenvalue weighted by atomic mass is 35.5. The number of hydrogen-bond donors (Lipinski definition) is 2. The first-order chi connectivity index (χ1) is 21.3. The topological polar surface area (TPSA) is 119 Å². The van der Waals surface area contributed by atoms with Crippen molar-refractivity contribution >= 4 is 54.7 Å². The van der Waals surface area contributed by atoms with Crippen molar-refractivity contribution in [1.29, 1.82) is 5.26 Å². The van der Waals surface area contributed by atoms with Crippen LogP contribution in [0.2, 0.25) is 5.02 Å². The van der Waals surface area contributed by atoms with Crippen LogP contribution in [0.5, 0.6) is 11.8 Å². The SMILES string of the molecule is N#Cc1c(N)sc2c(F)ccc(-c3c(Cl)c4c5c(nc(OC[C@@]67CCCN6C[C@H](F)C7)nc5c3F)NC3COCC3CO4)c12. The van der Waals surface area contributed by atoms with Gasteiger partial charge in [0.2, 0.25) is 0 Å². The molecule has 4 aliphatic heterocycles. The van der Waals surface area contributed by atoms with Crippen molar-refractivity contribution in [2.75, 3.05) is 50.6 Å². The van der Waals surface area contributed by atoms with Crippen molar-refractivity contribution in [3.05, 3.63) is 34.4 Å². The number of nitrogens with one attached hydrogen (secondary N) is 1. The van der Waals surface area contributed by atoms with Gasteiger partial charge in [0, 0.05) is 29.8 Å². The number of nitrogen functional groups attached to an aromatic ring is 1. The Morgan fingerprint density at radius 1 is 1.25 bits per heavy atom. The molecule has 4 aromatic rings. The van der Waals surface area contributed by atoms with Gasteiger partial charge in [-0.1, -0.05) is 17.7 Å². The fourth-order valence-corrected chi connectivity index (χ4v) is 8.52. The number of rotatable bonds is 4. The molecule has 0 aliphatic carbocycles. The number of benzene rings is 2. The Morgan fingerprint density at radius 3 is 2.95 bits per heavy atom. The van der Waals surface area contributed by atoms with Gasteiger partial charge >= 0.3 is 6.01 Å². The average molecular weight is 643 g/mol. The third-order valence-electron chi connectivity index (χ3n) is 9.35. The molecule has 2 unspecified atom stereocenters. The molecular formula is C30H26ClF3N6O3S. The van der Waals surface area contributed by atoms with Crippen molar-refractivity contribution in [2.45, 2.75) is 37.0 Å². The van der Waals surface area contributed by atoms with Crippen LogP contribution in [0.15, 0.2) is 12.1 Å². The lowest BCUT2D eigenvalue weighted by Crippen LogP contribution is -2.43. The van der Waals surface area contributed by atoms with Crippen molar-refractivity contribution in [2.24, 2.45) is 5.92 Å². The van der Waals surface area contributed by atoms with E-state index in [4.69, 9.17) is 31.5 Å². The van der Waals surface area contributed by atoms with Gasteiger partial charge in [-0.3, -0.25) is 4.90 Å². The number of ether oxygens (including phenoxy) is 3. The van der Waals surface area contributed by atoms with Crippen LogP contribution in [0.4, 0.5) is 24.0 Å². The molecule has 3 saturated heterocycles. The second-order valence-electron chi connectivity index (χ2n) is 11.9. The molecule has 6 heterocycles. The van der Waals surface area contributed by atoms with Gasteiger partial charge in [0.25, 0.3) is 0 Å². The first-order valence-corrected chi connectivity index (χ1v) is 15.6. The minimum absolute atomic E-state index is 0.0294. The van der Waals surface area contributed by atoms with Crippen LogP contribution in [-0.4, -0.2) is 72.1 Å². The summed E-state index contributed by atoms with van der Waals surface area (Å²) < 4.78 is 64.4. The maximum Gasteiger partial charge on any atom is 0.319 e. The van der Waals surface area contributed by atoms with Gasteiger partial charge in [-0.15, -0.1) is 11.3 Å². The Kier molecular flexibility index (Phi) is 6.50. The summed E-state index contributed by atoms with van der Waals surface area (Å²) in [5, 5.41) is 13.7. The Labute approximate surface area is 258 Å². The number of fused-ring (bicyclic) bond motifs is 3. The summed E-state index contributed by atoms with van der Waals surface area (Å²) in [6.45, 7) is 2.37. The van der Waals surface area contributed by atoms with Gasteiger partial charge in [-0.2, -0.15) is 15.2 Å². The molecule has 3 fully saturated rings. The quantitative estimate of drug-likeness (QED) is 0.290. The second kappa shape index (κ2) is 10.2.